The molecule has 0 bridgehead atoms. The standard InChI is InChI=1S/C27H27N3O4.2ClH/c1-15(31)21-12-20-9-10-28-25(23(20)13-22(21)16(2)32)11-18-5-7-19(8-6-18)24-14-29-27(34-4)30-26(24)17(3)33;;/h5-8,12-14,25,28H,9-11H2,1-4H3;2*1H. The zero-order valence-electron chi connectivity index (χ0n) is 20.6. The van der Waals surface area contributed by atoms with Crippen LogP contribution in [0, 0.1) is 0 Å². The van der Waals surface area contributed by atoms with E-state index in [4.69, 9.17) is 4.74 Å². The quantitative estimate of drug-likeness (QED) is 0.428. The van der Waals surface area contributed by atoms with E-state index in [9.17, 15) is 14.4 Å². The van der Waals surface area contributed by atoms with Crippen molar-refractivity contribution in [3.63, 3.8) is 0 Å². The number of aromatic nitrogens is 2. The van der Waals surface area contributed by atoms with Crippen LogP contribution in [0.2, 0.25) is 0 Å². The third-order valence-corrected chi connectivity index (χ3v) is 6.19. The van der Waals surface area contributed by atoms with Crippen LogP contribution in [0.1, 0.15) is 74.7 Å². The number of fused-ring (bicyclic) bond motifs is 1. The molecule has 1 unspecified atom stereocenters. The Bertz CT molecular complexity index is 1290. The predicted octanol–water partition coefficient (Wildman–Crippen LogP) is 5.03. The van der Waals surface area contributed by atoms with Crippen molar-refractivity contribution in [1.82, 2.24) is 15.3 Å². The van der Waals surface area contributed by atoms with Crippen LogP contribution in [0.25, 0.3) is 11.1 Å². The number of nitrogens with one attached hydrogen (secondary N) is 1. The van der Waals surface area contributed by atoms with E-state index in [0.29, 0.717) is 22.4 Å². The van der Waals surface area contributed by atoms with Crippen LogP contribution < -0.4 is 10.1 Å². The van der Waals surface area contributed by atoms with Gasteiger partial charge in [-0.1, -0.05) is 24.3 Å². The summed E-state index contributed by atoms with van der Waals surface area (Å²) in [5.41, 5.74) is 6.08. The number of rotatable bonds is 7. The van der Waals surface area contributed by atoms with Crippen LogP contribution in [-0.4, -0.2) is 41.0 Å². The highest BCUT2D eigenvalue weighted by molar-refractivity contribution is 6.07. The van der Waals surface area contributed by atoms with E-state index in [2.05, 4.69) is 15.3 Å². The summed E-state index contributed by atoms with van der Waals surface area (Å²) in [6.07, 6.45) is 3.14. The Morgan fingerprint density at radius 2 is 1.61 bits per heavy atom. The van der Waals surface area contributed by atoms with Gasteiger partial charge in [0.15, 0.2) is 17.3 Å². The Kier molecular flexibility index (Phi) is 9.87. The molecule has 2 heterocycles. The monoisotopic (exact) mass is 529 g/mol. The minimum Gasteiger partial charge on any atom is -0.467 e. The van der Waals surface area contributed by atoms with Gasteiger partial charge < -0.3 is 10.1 Å². The van der Waals surface area contributed by atoms with Gasteiger partial charge in [-0.15, -0.1) is 24.8 Å². The number of ether oxygens (including phenoxy) is 1. The first-order valence-electron chi connectivity index (χ1n) is 11.2. The smallest absolute Gasteiger partial charge is 0.316 e. The molecule has 36 heavy (non-hydrogen) atoms. The summed E-state index contributed by atoms with van der Waals surface area (Å²) in [5.74, 6) is -0.357. The van der Waals surface area contributed by atoms with Crippen LogP contribution in [0.5, 0.6) is 6.01 Å². The van der Waals surface area contributed by atoms with E-state index in [0.717, 1.165) is 41.6 Å². The summed E-state index contributed by atoms with van der Waals surface area (Å²) in [7, 11) is 1.46. The molecule has 7 nitrogen and oxygen atoms in total. The van der Waals surface area contributed by atoms with Crippen molar-refractivity contribution in [2.45, 2.75) is 39.7 Å². The van der Waals surface area contributed by atoms with Gasteiger partial charge in [-0.05, 0) is 67.6 Å². The number of carbonyl (C=O) groups excluding carboxylic acids is 3. The van der Waals surface area contributed by atoms with Gasteiger partial charge in [-0.3, -0.25) is 14.4 Å². The molecule has 1 aliphatic heterocycles. The number of benzene rings is 2. The molecule has 190 valence electrons. The molecule has 1 atom stereocenters. The lowest BCUT2D eigenvalue weighted by Crippen LogP contribution is -2.32. The molecule has 9 heteroatoms. The Morgan fingerprint density at radius 1 is 0.972 bits per heavy atom. The molecular weight excluding hydrogens is 501 g/mol. The van der Waals surface area contributed by atoms with Gasteiger partial charge in [-0.25, -0.2) is 4.98 Å². The Morgan fingerprint density at radius 3 is 2.19 bits per heavy atom. The second kappa shape index (κ2) is 12.2. The third kappa shape index (κ3) is 5.98. The Labute approximate surface area is 222 Å². The summed E-state index contributed by atoms with van der Waals surface area (Å²) < 4.78 is 5.05. The van der Waals surface area contributed by atoms with Gasteiger partial charge in [0.2, 0.25) is 0 Å². The van der Waals surface area contributed by atoms with Crippen molar-refractivity contribution in [2.24, 2.45) is 0 Å². The highest BCUT2D eigenvalue weighted by Gasteiger charge is 2.24. The fourth-order valence-electron chi connectivity index (χ4n) is 4.46. The first kappa shape index (κ1) is 29.1. The molecule has 0 radical (unpaired) electrons. The van der Waals surface area contributed by atoms with Crippen molar-refractivity contribution in [3.8, 4) is 17.1 Å². The van der Waals surface area contributed by atoms with E-state index >= 15 is 0 Å². The number of halogens is 2. The average molecular weight is 530 g/mol. The molecule has 0 amide bonds. The van der Waals surface area contributed by atoms with Crippen molar-refractivity contribution in [2.75, 3.05) is 13.7 Å². The van der Waals surface area contributed by atoms with Crippen molar-refractivity contribution in [3.05, 3.63) is 76.1 Å². The minimum atomic E-state index is -0.158. The first-order valence-corrected chi connectivity index (χ1v) is 11.2. The fraction of sp³-hybridized carbons (Fsp3) is 0.296. The van der Waals surface area contributed by atoms with Crippen LogP contribution in [0.4, 0.5) is 0 Å². The van der Waals surface area contributed by atoms with Crippen LogP contribution in [0.3, 0.4) is 0 Å². The summed E-state index contributed by atoms with van der Waals surface area (Å²) in [6, 6.07) is 11.9. The van der Waals surface area contributed by atoms with E-state index in [-0.39, 0.29) is 54.2 Å². The molecule has 0 saturated heterocycles. The van der Waals surface area contributed by atoms with Gasteiger partial charge in [0.25, 0.3) is 0 Å². The zero-order chi connectivity index (χ0) is 24.4. The largest absolute Gasteiger partial charge is 0.467 e. The molecule has 0 spiro atoms. The highest BCUT2D eigenvalue weighted by atomic mass is 35.5. The summed E-state index contributed by atoms with van der Waals surface area (Å²) in [5, 5.41) is 3.55. The molecule has 1 aliphatic rings. The molecule has 2 aromatic carbocycles. The van der Waals surface area contributed by atoms with E-state index in [1.54, 1.807) is 6.20 Å². The predicted molar refractivity (Wildman–Crippen MR) is 143 cm³/mol. The molecule has 1 aromatic heterocycles. The lowest BCUT2D eigenvalue weighted by molar-refractivity contribution is 0.0980. The normalized spacial score (nSPS) is 14.1. The van der Waals surface area contributed by atoms with Gasteiger partial charge in [0, 0.05) is 35.9 Å². The number of hydrogen-bond donors (Lipinski definition) is 1. The average Bonchev–Trinajstić information content (AvgIpc) is 2.83. The molecule has 4 rings (SSSR count). The van der Waals surface area contributed by atoms with Gasteiger partial charge in [-0.2, -0.15) is 4.98 Å². The maximum absolute atomic E-state index is 12.2. The lowest BCUT2D eigenvalue weighted by Gasteiger charge is -2.28. The van der Waals surface area contributed by atoms with E-state index in [1.165, 1.54) is 27.9 Å². The zero-order valence-corrected chi connectivity index (χ0v) is 22.2. The minimum absolute atomic E-state index is 0. The number of carbonyl (C=O) groups is 3. The van der Waals surface area contributed by atoms with E-state index < -0.39 is 0 Å². The molecule has 0 saturated carbocycles. The second-order valence-electron chi connectivity index (χ2n) is 8.54. The number of hydrogen-bond acceptors (Lipinski definition) is 7. The highest BCUT2D eigenvalue weighted by Crippen LogP contribution is 2.31. The molecule has 0 fully saturated rings. The number of nitrogens with zero attached hydrogens (tertiary/aromatic N) is 2. The van der Waals surface area contributed by atoms with Crippen LogP contribution >= 0.6 is 24.8 Å². The maximum Gasteiger partial charge on any atom is 0.316 e. The van der Waals surface area contributed by atoms with E-state index in [1.807, 2.05) is 36.4 Å². The topological polar surface area (TPSA) is 98.2 Å². The van der Waals surface area contributed by atoms with Gasteiger partial charge >= 0.3 is 6.01 Å². The number of methoxy groups -OCH3 is 1. The lowest BCUT2D eigenvalue weighted by atomic mass is 9.85. The van der Waals surface area contributed by atoms with Crippen molar-refractivity contribution >= 4 is 42.2 Å². The molecule has 3 aromatic rings. The Hall–Kier alpha value is -3.13. The third-order valence-electron chi connectivity index (χ3n) is 6.19. The van der Waals surface area contributed by atoms with Gasteiger partial charge in [0.1, 0.15) is 5.69 Å². The number of Topliss-reactive ketones (excluding diaryl/α,β-unsaturated/α-hetero) is 3. The second-order valence-corrected chi connectivity index (χ2v) is 8.54. The Balaban J connectivity index is 0.00000228. The van der Waals surface area contributed by atoms with Crippen molar-refractivity contribution < 1.29 is 19.1 Å². The van der Waals surface area contributed by atoms with Crippen molar-refractivity contribution in [1.29, 1.82) is 0 Å². The molecule has 0 aliphatic carbocycles. The molecular formula is C27H29Cl2N3O4. The number of ketones is 3. The first-order chi connectivity index (χ1) is 16.3. The summed E-state index contributed by atoms with van der Waals surface area (Å²) in [4.78, 5) is 44.7. The summed E-state index contributed by atoms with van der Waals surface area (Å²) >= 11 is 0. The maximum atomic E-state index is 12.2. The summed E-state index contributed by atoms with van der Waals surface area (Å²) in [6.45, 7) is 5.27. The van der Waals surface area contributed by atoms with Crippen LogP contribution in [-0.2, 0) is 12.8 Å². The van der Waals surface area contributed by atoms with Crippen LogP contribution in [0.15, 0.2) is 42.6 Å². The fourth-order valence-corrected chi connectivity index (χ4v) is 4.46. The van der Waals surface area contributed by atoms with Gasteiger partial charge in [0.05, 0.1) is 7.11 Å². The SMILES string of the molecule is COc1ncc(-c2ccc(CC3NCCc4cc(C(C)=O)c(C(C)=O)cc43)cc2)c(C(C)=O)n1.Cl.Cl. The molecule has 1 N–H and O–H groups in total.